The van der Waals surface area contributed by atoms with Crippen molar-refractivity contribution in [1.29, 1.82) is 0 Å². The van der Waals surface area contributed by atoms with Crippen LogP contribution in [0, 0.1) is 19.7 Å². The fourth-order valence-corrected chi connectivity index (χ4v) is 4.52. The maximum absolute atomic E-state index is 14.8. The molecule has 10 nitrogen and oxygen atoms in total. The number of pyridine rings is 1. The lowest BCUT2D eigenvalue weighted by molar-refractivity contribution is 0.0948. The molecule has 0 spiro atoms. The number of nitrogens with one attached hydrogen (secondary N) is 3. The molecule has 1 aromatic heterocycles. The molecule has 5 rings (SSSR count). The van der Waals surface area contributed by atoms with Gasteiger partial charge in [-0.3, -0.25) is 14.2 Å². The van der Waals surface area contributed by atoms with Crippen LogP contribution in [0.1, 0.15) is 48.2 Å². The zero-order valence-corrected chi connectivity index (χ0v) is 23.5. The zero-order chi connectivity index (χ0) is 28.4. The summed E-state index contributed by atoms with van der Waals surface area (Å²) in [4.78, 5) is 29.4. The second-order valence-corrected chi connectivity index (χ2v) is 10.0. The summed E-state index contributed by atoms with van der Waals surface area (Å²) in [6.07, 6.45) is 1.70. The monoisotopic (exact) mass is 557 g/mol. The summed E-state index contributed by atoms with van der Waals surface area (Å²) < 4.78 is 40.7. The lowest BCUT2D eigenvalue weighted by atomic mass is 10.1. The number of ether oxygens (including phenoxy) is 2. The van der Waals surface area contributed by atoms with Gasteiger partial charge >= 0.3 is 0 Å². The number of hydrazine groups is 1. The van der Waals surface area contributed by atoms with Gasteiger partial charge < -0.3 is 20.1 Å². The maximum Gasteiger partial charge on any atom is 0.259 e. The molecule has 1 aliphatic heterocycles. The fraction of sp³-hybridized carbons (Fsp3) is 0.333. The predicted octanol–water partition coefficient (Wildman–Crippen LogP) is 4.51. The number of rotatable bonds is 8. The van der Waals surface area contributed by atoms with Crippen molar-refractivity contribution in [3.63, 3.8) is 0 Å². The van der Waals surface area contributed by atoms with Crippen LogP contribution in [0.15, 0.2) is 41.2 Å². The van der Waals surface area contributed by atoms with Gasteiger partial charge in [-0.25, -0.2) is 8.60 Å². The molecule has 3 aromatic rings. The minimum Gasteiger partial charge on any atom is -0.493 e. The molecule has 1 atom stereocenters. The zero-order valence-electron chi connectivity index (χ0n) is 22.7. The molecular weight excluding hydrogens is 525 g/mol. The number of aromatic nitrogens is 1. The van der Waals surface area contributed by atoms with E-state index in [1.165, 1.54) is 29.2 Å². The number of methoxy groups -OCH3 is 1. The largest absolute Gasteiger partial charge is 0.493 e. The summed E-state index contributed by atoms with van der Waals surface area (Å²) in [6, 6.07) is 9.54. The Morgan fingerprint density at radius 3 is 2.41 bits per heavy atom. The normalized spacial score (nSPS) is 15.7. The van der Waals surface area contributed by atoms with Crippen molar-refractivity contribution in [1.82, 2.24) is 14.7 Å². The summed E-state index contributed by atoms with van der Waals surface area (Å²) in [7, 11) is 2.96. The minimum atomic E-state index is -1.30. The second kappa shape index (κ2) is 11.5. The highest BCUT2D eigenvalue weighted by Crippen LogP contribution is 2.40. The third-order valence-corrected chi connectivity index (χ3v) is 6.97. The molecule has 2 aromatic carbocycles. The summed E-state index contributed by atoms with van der Waals surface area (Å²) in [5.74, 6) is -0.325. The lowest BCUT2D eigenvalue weighted by Crippen LogP contribution is -2.31. The molecule has 12 heteroatoms. The Bertz CT molecular complexity index is 1500. The molecule has 1 saturated carbocycles. The molecule has 2 fully saturated rings. The number of aryl methyl sites for hydroxylation is 1. The highest BCUT2D eigenvalue weighted by molar-refractivity contribution is 7.91. The van der Waals surface area contributed by atoms with E-state index in [0.29, 0.717) is 11.4 Å². The van der Waals surface area contributed by atoms with Crippen molar-refractivity contribution in [2.24, 2.45) is 7.05 Å². The molecule has 1 unspecified atom stereocenters. The van der Waals surface area contributed by atoms with Gasteiger partial charge in [-0.1, -0.05) is 19.9 Å². The molecule has 1 amide bonds. The van der Waals surface area contributed by atoms with E-state index in [9.17, 15) is 18.2 Å². The van der Waals surface area contributed by atoms with Crippen LogP contribution in [-0.4, -0.2) is 27.8 Å². The molecule has 2 heterocycles. The molecule has 3 N–H and O–H groups in total. The molecule has 2 aliphatic rings. The first-order valence-electron chi connectivity index (χ1n) is 12.6. The third kappa shape index (κ3) is 5.91. The highest BCUT2D eigenvalue weighted by atomic mass is 32.2. The first-order valence-corrected chi connectivity index (χ1v) is 13.7. The van der Waals surface area contributed by atoms with E-state index in [1.54, 1.807) is 44.2 Å². The molecule has 0 bridgehead atoms. The first-order chi connectivity index (χ1) is 18.7. The molecule has 208 valence electrons. The number of carbonyl (C=O) groups is 1. The maximum atomic E-state index is 14.8. The Hall–Kier alpha value is -3.90. The molecule has 1 saturated heterocycles. The Morgan fingerprint density at radius 2 is 1.82 bits per heavy atom. The van der Waals surface area contributed by atoms with Crippen LogP contribution in [0.5, 0.6) is 17.2 Å². The number of amides is 1. The van der Waals surface area contributed by atoms with Gasteiger partial charge in [-0.05, 0) is 56.5 Å². The van der Waals surface area contributed by atoms with Crippen molar-refractivity contribution in [2.45, 2.75) is 46.6 Å². The summed E-state index contributed by atoms with van der Waals surface area (Å²) in [5, 5.41) is 5.88. The number of halogens is 1. The van der Waals surface area contributed by atoms with Gasteiger partial charge in [0.05, 0.1) is 24.0 Å². The summed E-state index contributed by atoms with van der Waals surface area (Å²) >= 11 is -1.30. The Kier molecular flexibility index (Phi) is 8.26. The number of carbonyl (C=O) groups excluding carboxylic acids is 1. The topological polar surface area (TPSA) is 124 Å². The van der Waals surface area contributed by atoms with Crippen molar-refractivity contribution in [3.8, 4) is 17.2 Å². The van der Waals surface area contributed by atoms with Crippen molar-refractivity contribution in [2.75, 3.05) is 16.8 Å². The van der Waals surface area contributed by atoms with Gasteiger partial charge in [0.15, 0.2) is 17.2 Å². The van der Waals surface area contributed by atoms with Crippen LogP contribution in [0.3, 0.4) is 0 Å². The number of nitrogens with zero attached hydrogens (tertiary/aromatic N) is 2. The molecule has 1 aliphatic carbocycles. The summed E-state index contributed by atoms with van der Waals surface area (Å²) in [6.45, 7) is 7.33. The first kappa shape index (κ1) is 28.1. The van der Waals surface area contributed by atoms with Gasteiger partial charge in [0.1, 0.15) is 17.2 Å². The van der Waals surface area contributed by atoms with Crippen LogP contribution in [-0.2, 0) is 18.2 Å². The van der Waals surface area contributed by atoms with Gasteiger partial charge in [-0.2, -0.15) is 4.41 Å². The lowest BCUT2D eigenvalue weighted by Gasteiger charge is -2.22. The van der Waals surface area contributed by atoms with Crippen LogP contribution >= 0.6 is 0 Å². The average molecular weight is 558 g/mol. The van der Waals surface area contributed by atoms with Crippen molar-refractivity contribution < 1.29 is 22.9 Å². The third-order valence-electron chi connectivity index (χ3n) is 6.17. The quantitative estimate of drug-likeness (QED) is 0.350. The molecule has 0 radical (unpaired) electrons. The van der Waals surface area contributed by atoms with Gasteiger partial charge in [0.25, 0.3) is 11.5 Å². The van der Waals surface area contributed by atoms with Gasteiger partial charge in [0, 0.05) is 19.2 Å². The van der Waals surface area contributed by atoms with Crippen molar-refractivity contribution >= 4 is 34.3 Å². The van der Waals surface area contributed by atoms with Crippen LogP contribution in [0.2, 0.25) is 0 Å². The van der Waals surface area contributed by atoms with E-state index >= 15 is 0 Å². The Morgan fingerprint density at radius 1 is 1.13 bits per heavy atom. The minimum absolute atomic E-state index is 0.0238. The van der Waals surface area contributed by atoms with E-state index in [2.05, 4.69) is 15.5 Å². The standard InChI is InChI=1S/C25H26FN5O5S.C2H6/c1-13-5-9-18(17(26)11-13)28-23-21(24(32)27-15-6-7-15)22(14(2)25(33)30(23)3)36-19-10-8-16(12-20(19)35-4)31-29-37(31)34;1-2/h5,8-12,15,28-29H,6-7H2,1-4H3,(H,27,32);1-2H3. The molecule has 39 heavy (non-hydrogen) atoms. The van der Waals surface area contributed by atoms with Crippen molar-refractivity contribution in [3.05, 3.63) is 69.3 Å². The average Bonchev–Trinajstić information content (AvgIpc) is 3.86. The fourth-order valence-electron chi connectivity index (χ4n) is 3.91. The van der Waals surface area contributed by atoms with Crippen LogP contribution in [0.25, 0.3) is 0 Å². The van der Waals surface area contributed by atoms with E-state index in [1.807, 2.05) is 13.8 Å². The van der Waals surface area contributed by atoms with E-state index in [0.717, 1.165) is 18.4 Å². The predicted molar refractivity (Wildman–Crippen MR) is 150 cm³/mol. The van der Waals surface area contributed by atoms with E-state index in [4.69, 9.17) is 9.47 Å². The Balaban J connectivity index is 0.00000172. The number of hydrogen-bond donors (Lipinski definition) is 3. The van der Waals surface area contributed by atoms with Gasteiger partial charge in [0.2, 0.25) is 11.2 Å². The number of benzene rings is 2. The van der Waals surface area contributed by atoms with Crippen LogP contribution < -0.4 is 34.9 Å². The van der Waals surface area contributed by atoms with Crippen LogP contribution in [0.4, 0.5) is 21.6 Å². The highest BCUT2D eigenvalue weighted by Gasteiger charge is 2.32. The summed E-state index contributed by atoms with van der Waals surface area (Å²) in [5.41, 5.74) is 1.26. The smallest absolute Gasteiger partial charge is 0.259 e. The SMILES string of the molecule is CC.COc1cc(N2NS2=O)ccc1Oc1c(C(=O)NC2CC2)c(Nc2ccc(C)cc2F)n(C)c(=O)c1C. The van der Waals surface area contributed by atoms with E-state index in [-0.39, 0.29) is 40.2 Å². The number of hydrogen-bond acceptors (Lipinski definition) is 6. The van der Waals surface area contributed by atoms with E-state index < -0.39 is 28.5 Å². The molecular formula is C27H32FN5O5S. The number of anilines is 3. The second-order valence-electron chi connectivity index (χ2n) is 8.97. The Labute approximate surface area is 228 Å². The van der Waals surface area contributed by atoms with Gasteiger partial charge in [-0.15, -0.1) is 4.83 Å².